The van der Waals surface area contributed by atoms with Crippen molar-refractivity contribution in [3.63, 3.8) is 0 Å². The van der Waals surface area contributed by atoms with Crippen LogP contribution in [0.3, 0.4) is 0 Å². The third-order valence-corrected chi connectivity index (χ3v) is 4.52. The minimum absolute atomic E-state index is 0.197. The van der Waals surface area contributed by atoms with Crippen LogP contribution in [0.5, 0.6) is 0 Å². The van der Waals surface area contributed by atoms with Crippen LogP contribution in [-0.2, 0) is 0 Å². The molecule has 0 aliphatic rings. The molecule has 0 saturated carbocycles. The van der Waals surface area contributed by atoms with Crippen molar-refractivity contribution in [1.29, 1.82) is 0 Å². The van der Waals surface area contributed by atoms with E-state index >= 15 is 0 Å². The van der Waals surface area contributed by atoms with Crippen molar-refractivity contribution in [2.45, 2.75) is 9.92 Å². The Bertz CT molecular complexity index is 860. The van der Waals surface area contributed by atoms with Crippen LogP contribution in [0.4, 0.5) is 5.82 Å². The summed E-state index contributed by atoms with van der Waals surface area (Å²) in [7, 11) is 0. The second-order valence-corrected chi connectivity index (χ2v) is 6.27. The first-order valence-electron chi connectivity index (χ1n) is 5.94. The number of benzene rings is 1. The largest absolute Gasteiger partial charge is 0.439 e. The van der Waals surface area contributed by atoms with Gasteiger partial charge in [0.05, 0.1) is 23.0 Å². The Morgan fingerprint density at radius 2 is 2.14 bits per heavy atom. The number of rotatable bonds is 3. The second kappa shape index (κ2) is 6.48. The van der Waals surface area contributed by atoms with Crippen LogP contribution in [0, 0.1) is 6.57 Å². The van der Waals surface area contributed by atoms with Crippen molar-refractivity contribution < 1.29 is 4.42 Å². The average Bonchev–Trinajstić information content (AvgIpc) is 3.00. The zero-order valence-corrected chi connectivity index (χ0v) is 14.0. The molecule has 0 saturated heterocycles. The highest BCUT2D eigenvalue weighted by molar-refractivity contribution is 9.10. The molecule has 5 nitrogen and oxygen atoms in total. The van der Waals surface area contributed by atoms with Crippen LogP contribution < -0.4 is 0 Å². The molecule has 22 heavy (non-hydrogen) atoms. The smallest absolute Gasteiger partial charge is 0.322 e. The first-order chi connectivity index (χ1) is 10.7. The van der Waals surface area contributed by atoms with Crippen LogP contribution in [0.25, 0.3) is 16.3 Å². The molecule has 0 fully saturated rings. The van der Waals surface area contributed by atoms with E-state index in [-0.39, 0.29) is 5.82 Å². The molecule has 0 unspecified atom stereocenters. The van der Waals surface area contributed by atoms with Crippen LogP contribution in [0.15, 0.2) is 55.8 Å². The van der Waals surface area contributed by atoms with Crippen molar-refractivity contribution in [3.8, 4) is 11.5 Å². The molecule has 8 heteroatoms. The van der Waals surface area contributed by atoms with Gasteiger partial charge in [0, 0.05) is 4.90 Å². The van der Waals surface area contributed by atoms with E-state index in [4.69, 9.17) is 22.6 Å². The van der Waals surface area contributed by atoms with Gasteiger partial charge in [0.25, 0.3) is 0 Å². The lowest BCUT2D eigenvalue weighted by Gasteiger charge is -2.05. The fourth-order valence-electron chi connectivity index (χ4n) is 1.66. The zero-order chi connectivity index (χ0) is 15.5. The first-order valence-corrected chi connectivity index (χ1v) is 7.93. The van der Waals surface area contributed by atoms with E-state index in [2.05, 4.69) is 35.7 Å². The third-order valence-electron chi connectivity index (χ3n) is 2.61. The maximum atomic E-state index is 6.93. The van der Waals surface area contributed by atoms with E-state index in [9.17, 15) is 0 Å². The molecule has 2 aromatic heterocycles. The molecule has 3 aromatic rings. The van der Waals surface area contributed by atoms with Crippen LogP contribution >= 0.6 is 39.3 Å². The van der Waals surface area contributed by atoms with Gasteiger partial charge in [0.15, 0.2) is 0 Å². The van der Waals surface area contributed by atoms with Gasteiger partial charge in [-0.15, -0.1) is 0 Å². The van der Waals surface area contributed by atoms with E-state index in [1.54, 1.807) is 18.5 Å². The first kappa shape index (κ1) is 15.0. The van der Waals surface area contributed by atoms with Crippen LogP contribution in [0.1, 0.15) is 0 Å². The molecule has 2 heterocycles. The summed E-state index contributed by atoms with van der Waals surface area (Å²) in [5.41, 5.74) is 0.631. The predicted molar refractivity (Wildman–Crippen MR) is 87.1 cm³/mol. The summed E-state index contributed by atoms with van der Waals surface area (Å²) in [4.78, 5) is 16.5. The third kappa shape index (κ3) is 3.14. The summed E-state index contributed by atoms with van der Waals surface area (Å²) in [5.74, 6) is 0.517. The zero-order valence-electron chi connectivity index (χ0n) is 10.8. The highest BCUT2D eigenvalue weighted by atomic mass is 79.9. The predicted octanol–water partition coefficient (Wildman–Crippen LogP) is 5.25. The van der Waals surface area contributed by atoms with Gasteiger partial charge in [0.1, 0.15) is 15.9 Å². The van der Waals surface area contributed by atoms with Gasteiger partial charge in [-0.25, -0.2) is 9.97 Å². The van der Waals surface area contributed by atoms with Gasteiger partial charge in [-0.2, -0.15) is 0 Å². The topological polar surface area (TPSA) is 56.2 Å². The Balaban J connectivity index is 1.95. The van der Waals surface area contributed by atoms with Crippen molar-refractivity contribution in [1.82, 2.24) is 15.0 Å². The van der Waals surface area contributed by atoms with Gasteiger partial charge in [0.2, 0.25) is 0 Å². The highest BCUT2D eigenvalue weighted by Gasteiger charge is 2.17. The maximum absolute atomic E-state index is 6.93. The minimum Gasteiger partial charge on any atom is -0.439 e. The molecule has 0 spiro atoms. The van der Waals surface area contributed by atoms with Gasteiger partial charge in [-0.3, -0.25) is 0 Å². The Morgan fingerprint density at radius 1 is 1.27 bits per heavy atom. The van der Waals surface area contributed by atoms with Crippen molar-refractivity contribution in [3.05, 3.63) is 57.9 Å². The van der Waals surface area contributed by atoms with E-state index in [0.29, 0.717) is 21.1 Å². The SMILES string of the molecule is [C-]#[N+]c1coc(-c2cccc(Sc3cnc(Br)cn3)c2Cl)n1. The average molecular weight is 394 g/mol. The lowest BCUT2D eigenvalue weighted by atomic mass is 10.2. The lowest BCUT2D eigenvalue weighted by molar-refractivity contribution is 0.575. The van der Waals surface area contributed by atoms with Gasteiger partial charge in [-0.1, -0.05) is 41.0 Å². The standard InChI is InChI=1S/C14H6BrClN4OS/c1-17-11-7-21-14(20-11)8-3-2-4-9(13(8)16)22-12-6-18-10(15)5-19-12/h2-7H. The Labute approximate surface area is 143 Å². The summed E-state index contributed by atoms with van der Waals surface area (Å²) in [6.07, 6.45) is 4.58. The van der Waals surface area contributed by atoms with Crippen molar-refractivity contribution in [2.24, 2.45) is 0 Å². The Morgan fingerprint density at radius 3 is 2.82 bits per heavy atom. The number of nitrogens with zero attached hydrogens (tertiary/aromatic N) is 4. The minimum atomic E-state index is 0.197. The Kier molecular flexibility index (Phi) is 4.43. The summed E-state index contributed by atoms with van der Waals surface area (Å²) in [6.45, 7) is 6.93. The molecule has 0 amide bonds. The fraction of sp³-hybridized carbons (Fsp3) is 0. The number of halogens is 2. The summed E-state index contributed by atoms with van der Waals surface area (Å²) in [6, 6.07) is 5.51. The van der Waals surface area contributed by atoms with Crippen LogP contribution in [-0.4, -0.2) is 15.0 Å². The molecule has 0 radical (unpaired) electrons. The van der Waals surface area contributed by atoms with E-state index < -0.39 is 0 Å². The second-order valence-electron chi connectivity index (χ2n) is 4.02. The molecule has 0 aliphatic carbocycles. The summed E-state index contributed by atoms with van der Waals surface area (Å²) in [5, 5.41) is 1.21. The van der Waals surface area contributed by atoms with Gasteiger partial charge in [-0.05, 0) is 28.1 Å². The number of oxazole rings is 1. The summed E-state index contributed by atoms with van der Waals surface area (Å²) >= 11 is 11.1. The van der Waals surface area contributed by atoms with Crippen LogP contribution in [0.2, 0.25) is 5.02 Å². The molecule has 0 bridgehead atoms. The lowest BCUT2D eigenvalue weighted by Crippen LogP contribution is -1.86. The van der Waals surface area contributed by atoms with Gasteiger partial charge >= 0.3 is 11.7 Å². The molecular weight excluding hydrogens is 388 g/mol. The molecule has 0 atom stereocenters. The molecule has 1 aromatic carbocycles. The number of aromatic nitrogens is 3. The van der Waals surface area contributed by atoms with E-state index in [1.165, 1.54) is 18.0 Å². The molecular formula is C14H6BrClN4OS. The fourth-order valence-corrected chi connectivity index (χ4v) is 2.97. The molecule has 0 aliphatic heterocycles. The van der Waals surface area contributed by atoms with E-state index in [0.717, 1.165) is 9.92 Å². The monoisotopic (exact) mass is 392 g/mol. The van der Waals surface area contributed by atoms with Crippen molar-refractivity contribution >= 4 is 45.1 Å². The number of hydrogen-bond donors (Lipinski definition) is 0. The summed E-state index contributed by atoms with van der Waals surface area (Å²) < 4.78 is 5.96. The van der Waals surface area contributed by atoms with Gasteiger partial charge < -0.3 is 9.26 Å². The maximum Gasteiger partial charge on any atom is 0.322 e. The molecule has 3 rings (SSSR count). The molecule has 108 valence electrons. The Hall–Kier alpha value is -1.88. The highest BCUT2D eigenvalue weighted by Crippen LogP contribution is 2.38. The molecule has 0 N–H and O–H groups in total. The quantitative estimate of drug-likeness (QED) is 0.569. The van der Waals surface area contributed by atoms with E-state index in [1.807, 2.05) is 12.1 Å². The number of hydrogen-bond acceptors (Lipinski definition) is 5. The van der Waals surface area contributed by atoms with Crippen molar-refractivity contribution in [2.75, 3.05) is 0 Å². The normalized spacial score (nSPS) is 10.4.